The second-order valence-corrected chi connectivity index (χ2v) is 8.19. The smallest absolute Gasteiger partial charge is 0.319 e. The molecular formula is C18H22ClN5O3S. The van der Waals surface area contributed by atoms with Crippen LogP contribution in [-0.4, -0.2) is 59.1 Å². The molecule has 150 valence electrons. The highest BCUT2D eigenvalue weighted by Crippen LogP contribution is 2.23. The van der Waals surface area contributed by atoms with Crippen LogP contribution in [0.5, 0.6) is 5.75 Å². The number of benzene rings is 1. The number of anilines is 1. The van der Waals surface area contributed by atoms with Crippen LogP contribution in [0.15, 0.2) is 24.3 Å². The van der Waals surface area contributed by atoms with Gasteiger partial charge in [-0.25, -0.2) is 4.79 Å². The van der Waals surface area contributed by atoms with Crippen LogP contribution in [0.4, 0.5) is 9.93 Å². The van der Waals surface area contributed by atoms with Crippen LogP contribution in [0.25, 0.3) is 0 Å². The molecule has 0 unspecified atom stereocenters. The predicted octanol–water partition coefficient (Wildman–Crippen LogP) is 3.10. The van der Waals surface area contributed by atoms with Gasteiger partial charge in [-0.05, 0) is 37.1 Å². The van der Waals surface area contributed by atoms with Crippen molar-refractivity contribution < 1.29 is 14.3 Å². The van der Waals surface area contributed by atoms with Crippen molar-refractivity contribution in [2.45, 2.75) is 19.4 Å². The fourth-order valence-electron chi connectivity index (χ4n) is 2.89. The number of nitrogens with one attached hydrogen (secondary N) is 1. The van der Waals surface area contributed by atoms with Gasteiger partial charge in [-0.2, -0.15) is 0 Å². The van der Waals surface area contributed by atoms with Crippen molar-refractivity contribution in [3.05, 3.63) is 34.3 Å². The van der Waals surface area contributed by atoms with Gasteiger partial charge in [-0.15, -0.1) is 10.2 Å². The zero-order valence-electron chi connectivity index (χ0n) is 15.7. The van der Waals surface area contributed by atoms with Gasteiger partial charge in [0.25, 0.3) is 0 Å². The normalized spacial score (nSPS) is 16.5. The molecule has 1 atom stereocenters. The number of carbonyl (C=O) groups is 2. The number of hydrogen-bond acceptors (Lipinski definition) is 6. The lowest BCUT2D eigenvalue weighted by Gasteiger charge is -2.33. The molecule has 0 aliphatic carbocycles. The van der Waals surface area contributed by atoms with Crippen LogP contribution < -0.4 is 10.1 Å². The summed E-state index contributed by atoms with van der Waals surface area (Å²) in [5.41, 5.74) is 0. The molecule has 1 aliphatic heterocycles. The van der Waals surface area contributed by atoms with E-state index in [0.29, 0.717) is 34.0 Å². The van der Waals surface area contributed by atoms with Crippen LogP contribution in [0.2, 0.25) is 5.02 Å². The van der Waals surface area contributed by atoms with Crippen LogP contribution in [0.3, 0.4) is 0 Å². The number of halogens is 1. The lowest BCUT2D eigenvalue weighted by atomic mass is 9.97. The minimum absolute atomic E-state index is 0.0740. The van der Waals surface area contributed by atoms with E-state index in [1.54, 1.807) is 43.3 Å². The Bertz CT molecular complexity index is 827. The summed E-state index contributed by atoms with van der Waals surface area (Å²) in [5, 5.41) is 12.6. The molecule has 2 aromatic rings. The van der Waals surface area contributed by atoms with E-state index < -0.39 is 0 Å². The number of piperidine rings is 1. The molecule has 3 amide bonds. The van der Waals surface area contributed by atoms with Crippen LogP contribution >= 0.6 is 22.9 Å². The fourth-order valence-corrected chi connectivity index (χ4v) is 3.68. The molecule has 8 nitrogen and oxygen atoms in total. The maximum Gasteiger partial charge on any atom is 0.319 e. The third kappa shape index (κ3) is 5.32. The standard InChI is InChI=1S/C18H22ClN5O3S/c1-23(2)18(26)24-9-3-4-12(10-24)16(25)20-17-22-21-15(28-17)11-27-14-7-5-13(19)6-8-14/h5-8,12H,3-4,9-11H2,1-2H3,(H,20,22,25)/t12-/m1/s1. The zero-order valence-corrected chi connectivity index (χ0v) is 17.3. The number of amides is 3. The molecule has 0 bridgehead atoms. The van der Waals surface area contributed by atoms with E-state index in [1.165, 1.54) is 16.2 Å². The number of ether oxygens (including phenoxy) is 1. The van der Waals surface area contributed by atoms with Gasteiger partial charge in [0.15, 0.2) is 5.01 Å². The molecule has 1 N–H and O–H groups in total. The maximum atomic E-state index is 12.6. The molecule has 28 heavy (non-hydrogen) atoms. The Kier molecular flexibility index (Phi) is 6.69. The SMILES string of the molecule is CN(C)C(=O)N1CCC[C@@H](C(=O)Nc2nnc(COc3ccc(Cl)cc3)s2)C1. The van der Waals surface area contributed by atoms with Gasteiger partial charge < -0.3 is 19.9 Å². The molecule has 1 aromatic heterocycles. The van der Waals surface area contributed by atoms with Crippen molar-refractivity contribution in [1.82, 2.24) is 20.0 Å². The number of aromatic nitrogens is 2. The van der Waals surface area contributed by atoms with Crippen molar-refractivity contribution >= 4 is 40.0 Å². The summed E-state index contributed by atoms with van der Waals surface area (Å²) in [5.74, 6) is 0.283. The third-order valence-electron chi connectivity index (χ3n) is 4.32. The summed E-state index contributed by atoms with van der Waals surface area (Å²) >= 11 is 7.11. The highest BCUT2D eigenvalue weighted by atomic mass is 35.5. The van der Waals surface area contributed by atoms with E-state index in [-0.39, 0.29) is 24.5 Å². The number of nitrogens with zero attached hydrogens (tertiary/aromatic N) is 4. The Morgan fingerprint density at radius 2 is 2.07 bits per heavy atom. The molecule has 10 heteroatoms. The average Bonchev–Trinajstić information content (AvgIpc) is 3.14. The molecular weight excluding hydrogens is 402 g/mol. The van der Waals surface area contributed by atoms with Gasteiger partial charge in [0.05, 0.1) is 5.92 Å². The predicted molar refractivity (Wildman–Crippen MR) is 108 cm³/mol. The van der Waals surface area contributed by atoms with E-state index in [4.69, 9.17) is 16.3 Å². The Hall–Kier alpha value is -2.39. The number of rotatable bonds is 5. The number of carbonyl (C=O) groups excluding carboxylic acids is 2. The van der Waals surface area contributed by atoms with E-state index >= 15 is 0 Å². The lowest BCUT2D eigenvalue weighted by Crippen LogP contribution is -2.47. The number of hydrogen-bond donors (Lipinski definition) is 1. The minimum Gasteiger partial charge on any atom is -0.486 e. The largest absolute Gasteiger partial charge is 0.486 e. The van der Waals surface area contributed by atoms with Crippen LogP contribution in [-0.2, 0) is 11.4 Å². The third-order valence-corrected chi connectivity index (χ3v) is 5.38. The van der Waals surface area contributed by atoms with Crippen molar-refractivity contribution in [3.63, 3.8) is 0 Å². The van der Waals surface area contributed by atoms with Gasteiger partial charge in [0, 0.05) is 32.2 Å². The molecule has 2 heterocycles. The first-order valence-electron chi connectivity index (χ1n) is 8.90. The van der Waals surface area contributed by atoms with Crippen molar-refractivity contribution in [3.8, 4) is 5.75 Å². The van der Waals surface area contributed by atoms with E-state index in [2.05, 4.69) is 15.5 Å². The van der Waals surface area contributed by atoms with Gasteiger partial charge in [-0.3, -0.25) is 4.79 Å². The van der Waals surface area contributed by atoms with Crippen LogP contribution in [0.1, 0.15) is 17.8 Å². The molecule has 0 radical (unpaired) electrons. The molecule has 0 spiro atoms. The van der Waals surface area contributed by atoms with Crippen molar-refractivity contribution in [2.24, 2.45) is 5.92 Å². The number of likely N-dealkylation sites (tertiary alicyclic amines) is 1. The van der Waals surface area contributed by atoms with Crippen molar-refractivity contribution in [2.75, 3.05) is 32.5 Å². The Morgan fingerprint density at radius 1 is 1.32 bits per heavy atom. The average molecular weight is 424 g/mol. The van der Waals surface area contributed by atoms with E-state index in [9.17, 15) is 9.59 Å². The monoisotopic (exact) mass is 423 g/mol. The minimum atomic E-state index is -0.254. The summed E-state index contributed by atoms with van der Waals surface area (Å²) in [6.07, 6.45) is 1.54. The molecule has 1 aliphatic rings. The summed E-state index contributed by atoms with van der Waals surface area (Å²) in [4.78, 5) is 27.9. The topological polar surface area (TPSA) is 87.7 Å². The molecule has 1 saturated heterocycles. The lowest BCUT2D eigenvalue weighted by molar-refractivity contribution is -0.121. The van der Waals surface area contributed by atoms with Crippen molar-refractivity contribution in [1.29, 1.82) is 0 Å². The Labute approximate surface area is 172 Å². The fraction of sp³-hybridized carbons (Fsp3) is 0.444. The summed E-state index contributed by atoms with van der Waals surface area (Å²) in [6, 6.07) is 6.97. The Balaban J connectivity index is 1.52. The first-order valence-corrected chi connectivity index (χ1v) is 10.1. The van der Waals surface area contributed by atoms with Gasteiger partial charge >= 0.3 is 6.03 Å². The van der Waals surface area contributed by atoms with E-state index in [0.717, 1.165) is 12.8 Å². The maximum absolute atomic E-state index is 12.6. The van der Waals surface area contributed by atoms with Gasteiger partial charge in [0.2, 0.25) is 11.0 Å². The Morgan fingerprint density at radius 3 is 2.79 bits per heavy atom. The first-order chi connectivity index (χ1) is 13.4. The first kappa shape index (κ1) is 20.3. The number of urea groups is 1. The van der Waals surface area contributed by atoms with E-state index in [1.807, 2.05) is 0 Å². The molecule has 1 fully saturated rings. The zero-order chi connectivity index (χ0) is 20.1. The second-order valence-electron chi connectivity index (χ2n) is 6.69. The highest BCUT2D eigenvalue weighted by Gasteiger charge is 2.29. The summed E-state index contributed by atoms with van der Waals surface area (Å²) in [7, 11) is 3.42. The second kappa shape index (κ2) is 9.20. The van der Waals surface area contributed by atoms with Crippen LogP contribution in [0, 0.1) is 5.92 Å². The summed E-state index contributed by atoms with van der Waals surface area (Å²) in [6.45, 7) is 1.34. The highest BCUT2D eigenvalue weighted by molar-refractivity contribution is 7.15. The summed E-state index contributed by atoms with van der Waals surface area (Å²) < 4.78 is 5.63. The molecule has 3 rings (SSSR count). The van der Waals surface area contributed by atoms with Gasteiger partial charge in [0.1, 0.15) is 12.4 Å². The molecule has 1 aromatic carbocycles. The van der Waals surface area contributed by atoms with Gasteiger partial charge in [-0.1, -0.05) is 22.9 Å². The molecule has 0 saturated carbocycles. The quantitative estimate of drug-likeness (QED) is 0.798.